The molecule has 0 bridgehead atoms. The molecule has 2 aliphatic heterocycles. The number of aromatic nitrogens is 1. The lowest BCUT2D eigenvalue weighted by Gasteiger charge is -2.17. The number of rotatable bonds is 3. The number of hydrogen-bond donors (Lipinski definition) is 0. The first-order chi connectivity index (χ1) is 12.9. The molecule has 27 heavy (non-hydrogen) atoms. The van der Waals surface area contributed by atoms with E-state index >= 15 is 0 Å². The monoisotopic (exact) mass is 380 g/mol. The lowest BCUT2D eigenvalue weighted by molar-refractivity contribution is -0.137. The van der Waals surface area contributed by atoms with Crippen LogP contribution in [-0.4, -0.2) is 41.8 Å². The summed E-state index contributed by atoms with van der Waals surface area (Å²) < 4.78 is 54.4. The fraction of sp³-hybridized carbons (Fsp3) is 0.333. The van der Waals surface area contributed by atoms with Gasteiger partial charge < -0.3 is 19.1 Å². The van der Waals surface area contributed by atoms with Crippen LogP contribution >= 0.6 is 0 Å². The van der Waals surface area contributed by atoms with Crippen molar-refractivity contribution in [1.29, 1.82) is 0 Å². The van der Waals surface area contributed by atoms with E-state index in [1.807, 2.05) is 0 Å². The van der Waals surface area contributed by atoms with Crippen molar-refractivity contribution >= 4 is 5.91 Å². The quantitative estimate of drug-likeness (QED) is 0.819. The van der Waals surface area contributed by atoms with Crippen LogP contribution in [0.3, 0.4) is 0 Å². The number of amides is 1. The molecule has 142 valence electrons. The number of alkyl halides is 3. The van der Waals surface area contributed by atoms with Gasteiger partial charge in [0.2, 0.25) is 12.7 Å². The Labute approximate surface area is 152 Å². The number of likely N-dealkylation sites (tertiary alicyclic amines) is 1. The van der Waals surface area contributed by atoms with Crippen LogP contribution in [0.1, 0.15) is 22.3 Å². The number of fused-ring (bicyclic) bond motifs is 1. The van der Waals surface area contributed by atoms with Crippen LogP contribution in [0.5, 0.6) is 17.4 Å². The molecule has 9 heteroatoms. The third-order valence-corrected chi connectivity index (χ3v) is 4.40. The largest absolute Gasteiger partial charge is 0.472 e. The maximum atomic E-state index is 12.8. The van der Waals surface area contributed by atoms with E-state index < -0.39 is 17.8 Å². The van der Waals surface area contributed by atoms with Gasteiger partial charge in [-0.3, -0.25) is 4.79 Å². The summed E-state index contributed by atoms with van der Waals surface area (Å²) in [6, 6.07) is 6.69. The third kappa shape index (κ3) is 3.62. The summed E-state index contributed by atoms with van der Waals surface area (Å²) in [4.78, 5) is 18.1. The molecular weight excluding hydrogens is 365 g/mol. The van der Waals surface area contributed by atoms with Crippen LogP contribution in [0.4, 0.5) is 13.2 Å². The van der Waals surface area contributed by atoms with Crippen LogP contribution in [0, 0.1) is 0 Å². The van der Waals surface area contributed by atoms with Crippen molar-refractivity contribution in [2.24, 2.45) is 0 Å². The van der Waals surface area contributed by atoms with Crippen LogP contribution < -0.4 is 14.2 Å². The minimum atomic E-state index is -4.46. The smallest absolute Gasteiger partial charge is 0.416 e. The Morgan fingerprint density at radius 3 is 2.81 bits per heavy atom. The second-order valence-electron chi connectivity index (χ2n) is 6.23. The number of pyridine rings is 1. The van der Waals surface area contributed by atoms with E-state index in [1.165, 1.54) is 0 Å². The van der Waals surface area contributed by atoms with Crippen LogP contribution in [0.15, 0.2) is 36.5 Å². The summed E-state index contributed by atoms with van der Waals surface area (Å²) in [5.41, 5.74) is -0.365. The molecule has 0 saturated carbocycles. The predicted molar refractivity (Wildman–Crippen MR) is 86.7 cm³/mol. The molecule has 6 nitrogen and oxygen atoms in total. The molecule has 1 amide bonds. The molecule has 0 N–H and O–H groups in total. The van der Waals surface area contributed by atoms with Gasteiger partial charge in [0.1, 0.15) is 6.10 Å². The van der Waals surface area contributed by atoms with Gasteiger partial charge in [0, 0.05) is 30.8 Å². The van der Waals surface area contributed by atoms with Crippen molar-refractivity contribution in [3.05, 3.63) is 47.7 Å². The Morgan fingerprint density at radius 1 is 1.19 bits per heavy atom. The van der Waals surface area contributed by atoms with E-state index in [1.54, 1.807) is 23.1 Å². The average Bonchev–Trinajstić information content (AvgIpc) is 3.29. The second kappa shape index (κ2) is 6.64. The van der Waals surface area contributed by atoms with E-state index in [9.17, 15) is 18.0 Å². The molecule has 0 radical (unpaired) electrons. The first kappa shape index (κ1) is 17.4. The molecule has 3 heterocycles. The van der Waals surface area contributed by atoms with Gasteiger partial charge in [0.25, 0.3) is 5.91 Å². The number of hydrogen-bond acceptors (Lipinski definition) is 5. The number of ether oxygens (including phenoxy) is 3. The van der Waals surface area contributed by atoms with Gasteiger partial charge in [0.15, 0.2) is 11.5 Å². The summed E-state index contributed by atoms with van der Waals surface area (Å²) in [6.07, 6.45) is -3.31. The Morgan fingerprint density at radius 2 is 2.00 bits per heavy atom. The Bertz CT molecular complexity index is 872. The van der Waals surface area contributed by atoms with Crippen LogP contribution in [-0.2, 0) is 6.18 Å². The van der Waals surface area contributed by atoms with Crippen molar-refractivity contribution < 1.29 is 32.2 Å². The Kier molecular flexibility index (Phi) is 4.29. The standard InChI is InChI=1S/C18H15F3N2O4/c19-18(20,21)12-3-5-22-16(8-12)27-13-4-6-23(9-13)17(24)11-1-2-14-15(7-11)26-10-25-14/h1-3,5,7-8,13H,4,6,9-10H2. The molecule has 1 aromatic carbocycles. The third-order valence-electron chi connectivity index (χ3n) is 4.40. The van der Waals surface area contributed by atoms with E-state index in [0.717, 1.165) is 18.3 Å². The topological polar surface area (TPSA) is 60.9 Å². The number of halogens is 3. The second-order valence-corrected chi connectivity index (χ2v) is 6.23. The van der Waals surface area contributed by atoms with Crippen molar-refractivity contribution in [1.82, 2.24) is 9.88 Å². The van der Waals surface area contributed by atoms with Crippen LogP contribution in [0.25, 0.3) is 0 Å². The van der Waals surface area contributed by atoms with Crippen molar-refractivity contribution in [3.63, 3.8) is 0 Å². The zero-order valence-corrected chi connectivity index (χ0v) is 14.0. The minimum Gasteiger partial charge on any atom is -0.472 e. The maximum Gasteiger partial charge on any atom is 0.416 e. The van der Waals surface area contributed by atoms with Gasteiger partial charge in [0.05, 0.1) is 12.1 Å². The van der Waals surface area contributed by atoms with E-state index in [-0.39, 0.29) is 25.1 Å². The number of carbonyl (C=O) groups is 1. The van der Waals surface area contributed by atoms with Gasteiger partial charge in [-0.05, 0) is 24.3 Å². The van der Waals surface area contributed by atoms with Gasteiger partial charge >= 0.3 is 6.18 Å². The molecule has 1 aromatic heterocycles. The van der Waals surface area contributed by atoms with Gasteiger partial charge in [-0.25, -0.2) is 4.98 Å². The average molecular weight is 380 g/mol. The summed E-state index contributed by atoms with van der Waals surface area (Å²) >= 11 is 0. The highest BCUT2D eigenvalue weighted by atomic mass is 19.4. The molecule has 1 fully saturated rings. The molecule has 2 aliphatic rings. The highest BCUT2D eigenvalue weighted by Crippen LogP contribution is 2.33. The molecular formula is C18H15F3N2O4. The summed E-state index contributed by atoms with van der Waals surface area (Å²) in [5, 5.41) is 0. The summed E-state index contributed by atoms with van der Waals surface area (Å²) in [5.74, 6) is 0.800. The SMILES string of the molecule is O=C(c1ccc2c(c1)OCO2)N1CCC(Oc2cc(C(F)(F)F)ccn2)C1. The number of nitrogens with zero attached hydrogens (tertiary/aromatic N) is 2. The fourth-order valence-electron chi connectivity index (χ4n) is 3.04. The van der Waals surface area contributed by atoms with Crippen LogP contribution in [0.2, 0.25) is 0 Å². The molecule has 0 spiro atoms. The predicted octanol–water partition coefficient (Wildman–Crippen LogP) is 3.12. The lowest BCUT2D eigenvalue weighted by atomic mass is 10.2. The fourth-order valence-corrected chi connectivity index (χ4v) is 3.04. The summed E-state index contributed by atoms with van der Waals surface area (Å²) in [6.45, 7) is 0.832. The zero-order chi connectivity index (χ0) is 19.0. The summed E-state index contributed by atoms with van der Waals surface area (Å²) in [7, 11) is 0. The normalized spacial score (nSPS) is 18.6. The molecule has 1 unspecified atom stereocenters. The molecule has 1 atom stereocenters. The maximum absolute atomic E-state index is 12.8. The number of carbonyl (C=O) groups excluding carboxylic acids is 1. The van der Waals surface area contributed by atoms with E-state index in [4.69, 9.17) is 14.2 Å². The van der Waals surface area contributed by atoms with Crippen molar-refractivity contribution in [2.75, 3.05) is 19.9 Å². The lowest BCUT2D eigenvalue weighted by Crippen LogP contribution is -2.31. The highest BCUT2D eigenvalue weighted by Gasteiger charge is 2.32. The van der Waals surface area contributed by atoms with Crippen molar-refractivity contribution in [2.45, 2.75) is 18.7 Å². The van der Waals surface area contributed by atoms with E-state index in [2.05, 4.69) is 4.98 Å². The molecule has 4 rings (SSSR count). The van der Waals surface area contributed by atoms with Gasteiger partial charge in [-0.2, -0.15) is 13.2 Å². The van der Waals surface area contributed by atoms with Crippen molar-refractivity contribution in [3.8, 4) is 17.4 Å². The van der Waals surface area contributed by atoms with E-state index in [0.29, 0.717) is 30.0 Å². The minimum absolute atomic E-state index is 0.104. The molecule has 0 aliphatic carbocycles. The molecule has 2 aromatic rings. The number of benzene rings is 1. The van der Waals surface area contributed by atoms with Gasteiger partial charge in [-0.1, -0.05) is 0 Å². The Hall–Kier alpha value is -2.97. The highest BCUT2D eigenvalue weighted by molar-refractivity contribution is 5.95. The zero-order valence-electron chi connectivity index (χ0n) is 14.0. The Balaban J connectivity index is 1.41. The first-order valence-corrected chi connectivity index (χ1v) is 8.29. The molecule has 1 saturated heterocycles. The first-order valence-electron chi connectivity index (χ1n) is 8.29. The van der Waals surface area contributed by atoms with Gasteiger partial charge in [-0.15, -0.1) is 0 Å².